The van der Waals surface area contributed by atoms with Crippen molar-refractivity contribution in [2.45, 2.75) is 13.8 Å². The molecule has 0 N–H and O–H groups in total. The predicted molar refractivity (Wildman–Crippen MR) is 20.2 cm³/mol. The van der Waals surface area contributed by atoms with Gasteiger partial charge in [0.1, 0.15) is 0 Å². The van der Waals surface area contributed by atoms with Crippen molar-refractivity contribution in [2.75, 3.05) is 0 Å². The van der Waals surface area contributed by atoms with Crippen LogP contribution in [-0.4, -0.2) is 0 Å². The van der Waals surface area contributed by atoms with Crippen LogP contribution < -0.4 is 50.9 Å². The molecular weight excluding hydrogens is 336 g/mol. The van der Waals surface area contributed by atoms with E-state index in [0.29, 0.717) is 5.92 Å². The SMILES string of the molecule is [Br-].[Br-].[Br-].[CH2-]C(C)C.[Ti+4]. The maximum Gasteiger partial charge on any atom is 4.00 e. The van der Waals surface area contributed by atoms with Crippen LogP contribution in [0.2, 0.25) is 0 Å². The Bertz CT molecular complexity index is 16.0. The first-order valence-electron chi connectivity index (χ1n) is 1.56. The first-order valence-corrected chi connectivity index (χ1v) is 1.56. The van der Waals surface area contributed by atoms with Crippen molar-refractivity contribution in [1.82, 2.24) is 0 Å². The van der Waals surface area contributed by atoms with E-state index in [1.807, 2.05) is 0 Å². The normalized spacial score (nSPS) is 4.50. The minimum atomic E-state index is 0. The van der Waals surface area contributed by atoms with E-state index in [2.05, 4.69) is 20.8 Å². The first-order chi connectivity index (χ1) is 1.73. The fraction of sp³-hybridized carbons (Fsp3) is 0.750. The van der Waals surface area contributed by atoms with E-state index in [1.165, 1.54) is 0 Å². The fourth-order valence-electron chi connectivity index (χ4n) is 0. The summed E-state index contributed by atoms with van der Waals surface area (Å²) in [6.07, 6.45) is 0. The van der Waals surface area contributed by atoms with Gasteiger partial charge in [0.25, 0.3) is 0 Å². The third-order valence-corrected chi connectivity index (χ3v) is 0. The molecular formula is C4H9Br3Ti. The molecule has 4 heteroatoms. The summed E-state index contributed by atoms with van der Waals surface area (Å²) in [7, 11) is 0. The summed E-state index contributed by atoms with van der Waals surface area (Å²) in [5.41, 5.74) is 0. The average molecular weight is 345 g/mol. The van der Waals surface area contributed by atoms with Gasteiger partial charge >= 0.3 is 21.7 Å². The molecule has 0 aliphatic carbocycles. The molecule has 0 aromatic rings. The molecule has 0 saturated carbocycles. The third kappa shape index (κ3) is 89.9. The molecule has 0 radical (unpaired) electrons. The summed E-state index contributed by atoms with van der Waals surface area (Å²) >= 11 is 0. The van der Waals surface area contributed by atoms with Crippen molar-refractivity contribution < 1.29 is 72.7 Å². The van der Waals surface area contributed by atoms with Gasteiger partial charge in [0.15, 0.2) is 0 Å². The molecule has 0 unspecified atom stereocenters. The molecule has 0 aliphatic heterocycles. The van der Waals surface area contributed by atoms with Gasteiger partial charge in [-0.1, -0.05) is 13.8 Å². The Balaban J connectivity index is -0.00000000750. The van der Waals surface area contributed by atoms with E-state index in [4.69, 9.17) is 0 Å². The van der Waals surface area contributed by atoms with Gasteiger partial charge in [-0.15, -0.1) is 0 Å². The summed E-state index contributed by atoms with van der Waals surface area (Å²) < 4.78 is 0. The Hall–Kier alpha value is 2.15. The Morgan fingerprint density at radius 2 is 1.00 bits per heavy atom. The standard InChI is InChI=1S/C4H9.3BrH.Ti/c1-4(2)3;;;;/h4H,1H2,2-3H3;3*1H;/q-1;;;;+4/p-3. The van der Waals surface area contributed by atoms with Crippen LogP contribution in [0.5, 0.6) is 0 Å². The van der Waals surface area contributed by atoms with Crippen LogP contribution in [0.1, 0.15) is 13.8 Å². The number of halogens is 3. The fourth-order valence-corrected chi connectivity index (χ4v) is 0. The molecule has 0 aromatic carbocycles. The Morgan fingerprint density at radius 1 is 1.00 bits per heavy atom. The van der Waals surface area contributed by atoms with Crippen LogP contribution in [-0.2, 0) is 21.7 Å². The van der Waals surface area contributed by atoms with E-state index in [0.717, 1.165) is 0 Å². The summed E-state index contributed by atoms with van der Waals surface area (Å²) in [4.78, 5) is 0. The largest absolute Gasteiger partial charge is 4.00 e. The maximum absolute atomic E-state index is 3.64. The Kier molecular flexibility index (Phi) is 91.7. The molecule has 0 amide bonds. The Labute approximate surface area is 98.4 Å². The summed E-state index contributed by atoms with van der Waals surface area (Å²) in [6.45, 7) is 7.75. The molecule has 50 valence electrons. The summed E-state index contributed by atoms with van der Waals surface area (Å²) in [5.74, 6) is 0.583. The second-order valence-corrected chi connectivity index (χ2v) is 1.39. The molecule has 0 bridgehead atoms. The zero-order valence-electron chi connectivity index (χ0n) is 4.92. The van der Waals surface area contributed by atoms with E-state index >= 15 is 0 Å². The molecule has 0 saturated heterocycles. The van der Waals surface area contributed by atoms with Crippen LogP contribution >= 0.6 is 0 Å². The molecule has 0 fully saturated rings. The molecule has 8 heavy (non-hydrogen) atoms. The van der Waals surface area contributed by atoms with Gasteiger partial charge in [0.2, 0.25) is 0 Å². The predicted octanol–water partition coefficient (Wildman–Crippen LogP) is -7.51. The second kappa shape index (κ2) is 22.9. The second-order valence-electron chi connectivity index (χ2n) is 1.39. The average Bonchev–Trinajstić information content (AvgIpc) is 0.811. The Morgan fingerprint density at radius 3 is 1.00 bits per heavy atom. The molecule has 0 heterocycles. The summed E-state index contributed by atoms with van der Waals surface area (Å²) in [5, 5.41) is 0. The van der Waals surface area contributed by atoms with Crippen LogP contribution in [0.15, 0.2) is 0 Å². The third-order valence-electron chi connectivity index (χ3n) is 0. The van der Waals surface area contributed by atoms with Gasteiger partial charge in [-0.25, -0.2) is 0 Å². The molecule has 0 aliphatic rings. The van der Waals surface area contributed by atoms with Crippen LogP contribution in [0.4, 0.5) is 0 Å². The first kappa shape index (κ1) is 32.0. The maximum atomic E-state index is 3.64. The van der Waals surface area contributed by atoms with Gasteiger partial charge in [-0.05, 0) is 0 Å². The molecule has 0 nitrogen and oxygen atoms in total. The quantitative estimate of drug-likeness (QED) is 0.303. The number of rotatable bonds is 0. The van der Waals surface area contributed by atoms with Crippen LogP contribution in [0, 0.1) is 12.8 Å². The molecule has 0 spiro atoms. The monoisotopic (exact) mass is 342 g/mol. The van der Waals surface area contributed by atoms with E-state index in [1.54, 1.807) is 0 Å². The van der Waals surface area contributed by atoms with E-state index in [9.17, 15) is 0 Å². The van der Waals surface area contributed by atoms with Gasteiger partial charge in [-0.3, -0.25) is 0 Å². The smallest absolute Gasteiger partial charge is 1.00 e. The van der Waals surface area contributed by atoms with Gasteiger partial charge in [-0.2, -0.15) is 5.92 Å². The topological polar surface area (TPSA) is 0 Å². The number of hydrogen-bond donors (Lipinski definition) is 0. The minimum absolute atomic E-state index is 0. The number of hydrogen-bond acceptors (Lipinski definition) is 0. The summed E-state index contributed by atoms with van der Waals surface area (Å²) in [6, 6.07) is 0. The van der Waals surface area contributed by atoms with E-state index < -0.39 is 0 Å². The minimum Gasteiger partial charge on any atom is -1.00 e. The molecule has 0 atom stereocenters. The van der Waals surface area contributed by atoms with Gasteiger partial charge in [0, 0.05) is 0 Å². The van der Waals surface area contributed by atoms with Crippen molar-refractivity contribution in [2.24, 2.45) is 5.92 Å². The van der Waals surface area contributed by atoms with Gasteiger partial charge < -0.3 is 57.9 Å². The van der Waals surface area contributed by atoms with Crippen LogP contribution in [0.25, 0.3) is 0 Å². The molecule has 0 aromatic heterocycles. The molecule has 0 rings (SSSR count). The van der Waals surface area contributed by atoms with Crippen molar-refractivity contribution in [3.8, 4) is 0 Å². The van der Waals surface area contributed by atoms with Gasteiger partial charge in [0.05, 0.1) is 0 Å². The zero-order valence-corrected chi connectivity index (χ0v) is 11.2. The van der Waals surface area contributed by atoms with E-state index in [-0.39, 0.29) is 72.7 Å². The van der Waals surface area contributed by atoms with Crippen molar-refractivity contribution in [3.63, 3.8) is 0 Å². The van der Waals surface area contributed by atoms with Crippen molar-refractivity contribution in [1.29, 1.82) is 0 Å². The van der Waals surface area contributed by atoms with Crippen molar-refractivity contribution >= 4 is 0 Å². The van der Waals surface area contributed by atoms with Crippen LogP contribution in [0.3, 0.4) is 0 Å². The zero-order chi connectivity index (χ0) is 3.58. The van der Waals surface area contributed by atoms with Crippen molar-refractivity contribution in [3.05, 3.63) is 6.92 Å².